The van der Waals surface area contributed by atoms with Crippen LogP contribution in [0.15, 0.2) is 36.5 Å². The summed E-state index contributed by atoms with van der Waals surface area (Å²) in [7, 11) is 1.44. The van der Waals surface area contributed by atoms with Crippen molar-refractivity contribution in [3.8, 4) is 17.2 Å². The summed E-state index contributed by atoms with van der Waals surface area (Å²) < 4.78 is 10.5. The van der Waals surface area contributed by atoms with Gasteiger partial charge >= 0.3 is 0 Å². The van der Waals surface area contributed by atoms with Crippen molar-refractivity contribution >= 4 is 17.5 Å². The fraction of sp³-hybridized carbons (Fsp3) is 0.188. The number of ether oxygens (including phenoxy) is 2. The van der Waals surface area contributed by atoms with E-state index in [2.05, 4.69) is 10.3 Å². The number of amides is 1. The summed E-state index contributed by atoms with van der Waals surface area (Å²) in [6.07, 6.45) is 1.44. The number of hydrogen-bond acceptors (Lipinski definition) is 6. The zero-order valence-electron chi connectivity index (χ0n) is 12.7. The molecule has 7 nitrogen and oxygen atoms in total. The number of hydrogen-bond donors (Lipinski definition) is 2. The molecular formula is C16H16N2O5. The van der Waals surface area contributed by atoms with Crippen molar-refractivity contribution in [1.82, 2.24) is 4.98 Å². The van der Waals surface area contributed by atoms with E-state index in [0.717, 1.165) is 0 Å². The van der Waals surface area contributed by atoms with Gasteiger partial charge < -0.3 is 19.9 Å². The van der Waals surface area contributed by atoms with Gasteiger partial charge in [0.25, 0.3) is 5.91 Å². The Labute approximate surface area is 132 Å². The lowest BCUT2D eigenvalue weighted by Gasteiger charge is -2.11. The van der Waals surface area contributed by atoms with Crippen molar-refractivity contribution in [1.29, 1.82) is 0 Å². The van der Waals surface area contributed by atoms with Crippen LogP contribution < -0.4 is 14.8 Å². The van der Waals surface area contributed by atoms with Crippen LogP contribution in [0.3, 0.4) is 0 Å². The van der Waals surface area contributed by atoms with Crippen LogP contribution in [0.2, 0.25) is 0 Å². The average Bonchev–Trinajstić information content (AvgIpc) is 2.54. The molecule has 0 saturated carbocycles. The second kappa shape index (κ2) is 7.26. The fourth-order valence-corrected chi connectivity index (χ4v) is 1.81. The number of benzene rings is 1. The lowest BCUT2D eigenvalue weighted by molar-refractivity contribution is -0.118. The van der Waals surface area contributed by atoms with Gasteiger partial charge in [0.05, 0.1) is 7.11 Å². The number of rotatable bonds is 6. The van der Waals surface area contributed by atoms with Gasteiger partial charge in [0, 0.05) is 11.8 Å². The number of carbonyl (C=O) groups is 2. The molecular weight excluding hydrogens is 300 g/mol. The van der Waals surface area contributed by atoms with E-state index in [1.165, 1.54) is 26.3 Å². The zero-order valence-corrected chi connectivity index (χ0v) is 12.7. The first-order chi connectivity index (χ1) is 11.0. The maximum absolute atomic E-state index is 11.8. The standard InChI is InChI=1S/C16H16N2O5/c1-10(19)11-5-6-13(14(8-11)22-2)23-9-15(21)18-16-12(20)4-3-7-17-16/h3-8,20H,9H2,1-2H3,(H,17,18,21). The van der Waals surface area contributed by atoms with Crippen LogP contribution in [0.4, 0.5) is 5.82 Å². The molecule has 0 aliphatic heterocycles. The number of nitrogens with one attached hydrogen (secondary N) is 1. The van der Waals surface area contributed by atoms with Crippen molar-refractivity contribution in [2.45, 2.75) is 6.92 Å². The lowest BCUT2D eigenvalue weighted by Crippen LogP contribution is -2.21. The predicted octanol–water partition coefficient (Wildman–Crippen LogP) is 2.02. The molecule has 0 aliphatic rings. The van der Waals surface area contributed by atoms with Crippen LogP contribution in [-0.4, -0.2) is 35.5 Å². The minimum Gasteiger partial charge on any atom is -0.504 e. The van der Waals surface area contributed by atoms with Gasteiger partial charge in [-0.25, -0.2) is 4.98 Å². The summed E-state index contributed by atoms with van der Waals surface area (Å²) >= 11 is 0. The quantitative estimate of drug-likeness (QED) is 0.791. The van der Waals surface area contributed by atoms with Gasteiger partial charge in [0.2, 0.25) is 0 Å². The molecule has 1 amide bonds. The minimum atomic E-state index is -0.489. The first kappa shape index (κ1) is 16.3. The van der Waals surface area contributed by atoms with Gasteiger partial charge in [-0.2, -0.15) is 0 Å². The Kier molecular flexibility index (Phi) is 5.14. The normalized spacial score (nSPS) is 10.0. The number of carbonyl (C=O) groups excluding carboxylic acids is 2. The van der Waals surface area contributed by atoms with E-state index in [1.54, 1.807) is 24.3 Å². The maximum atomic E-state index is 11.8. The van der Waals surface area contributed by atoms with Crippen molar-refractivity contribution in [3.63, 3.8) is 0 Å². The Morgan fingerprint density at radius 1 is 1.26 bits per heavy atom. The lowest BCUT2D eigenvalue weighted by atomic mass is 10.1. The number of ketones is 1. The van der Waals surface area contributed by atoms with E-state index in [9.17, 15) is 14.7 Å². The molecule has 0 unspecified atom stereocenters. The second-order valence-electron chi connectivity index (χ2n) is 4.63. The Bertz CT molecular complexity index is 730. The number of anilines is 1. The fourth-order valence-electron chi connectivity index (χ4n) is 1.81. The molecule has 0 atom stereocenters. The van der Waals surface area contributed by atoms with Crippen molar-refractivity contribution < 1.29 is 24.2 Å². The first-order valence-corrected chi connectivity index (χ1v) is 6.77. The SMILES string of the molecule is COc1cc(C(C)=O)ccc1OCC(=O)Nc1ncccc1O. The molecule has 7 heteroatoms. The average molecular weight is 316 g/mol. The van der Waals surface area contributed by atoms with E-state index in [-0.39, 0.29) is 24.0 Å². The zero-order chi connectivity index (χ0) is 16.8. The number of Topliss-reactive ketones (excluding diaryl/α,β-unsaturated/α-hetero) is 1. The topological polar surface area (TPSA) is 97.8 Å². The highest BCUT2D eigenvalue weighted by Crippen LogP contribution is 2.28. The molecule has 1 aromatic heterocycles. The monoisotopic (exact) mass is 316 g/mol. The second-order valence-corrected chi connectivity index (χ2v) is 4.63. The summed E-state index contributed by atoms with van der Waals surface area (Å²) in [5, 5.41) is 12.0. The number of aromatic hydroxyl groups is 1. The van der Waals surface area contributed by atoms with Gasteiger partial charge in [-0.3, -0.25) is 9.59 Å². The Hall–Kier alpha value is -3.09. The van der Waals surface area contributed by atoms with E-state index >= 15 is 0 Å². The Morgan fingerprint density at radius 3 is 2.70 bits per heavy atom. The molecule has 2 rings (SSSR count). The predicted molar refractivity (Wildman–Crippen MR) is 83.0 cm³/mol. The molecule has 0 bridgehead atoms. The third-order valence-corrected chi connectivity index (χ3v) is 2.97. The minimum absolute atomic E-state index is 0.0555. The number of methoxy groups -OCH3 is 1. The van der Waals surface area contributed by atoms with Gasteiger partial charge in [0.1, 0.15) is 0 Å². The molecule has 2 aromatic rings. The summed E-state index contributed by atoms with van der Waals surface area (Å²) in [5.41, 5.74) is 0.483. The van der Waals surface area contributed by atoms with E-state index < -0.39 is 5.91 Å². The van der Waals surface area contributed by atoms with Gasteiger partial charge in [-0.05, 0) is 37.3 Å². The van der Waals surface area contributed by atoms with Gasteiger partial charge in [-0.1, -0.05) is 0 Å². The highest BCUT2D eigenvalue weighted by Gasteiger charge is 2.12. The molecule has 0 radical (unpaired) electrons. The molecule has 1 aromatic carbocycles. The number of aromatic nitrogens is 1. The summed E-state index contributed by atoms with van der Waals surface area (Å²) in [5.74, 6) is 0.0169. The molecule has 0 saturated heterocycles. The summed E-state index contributed by atoms with van der Waals surface area (Å²) in [6, 6.07) is 7.64. The van der Waals surface area contributed by atoms with E-state index in [1.807, 2.05) is 0 Å². The third-order valence-electron chi connectivity index (χ3n) is 2.97. The van der Waals surface area contributed by atoms with Crippen LogP contribution in [0.1, 0.15) is 17.3 Å². The number of pyridine rings is 1. The van der Waals surface area contributed by atoms with Gasteiger partial charge in [0.15, 0.2) is 35.5 Å². The van der Waals surface area contributed by atoms with Crippen LogP contribution in [-0.2, 0) is 4.79 Å². The smallest absolute Gasteiger partial charge is 0.263 e. The van der Waals surface area contributed by atoms with Crippen molar-refractivity contribution in [3.05, 3.63) is 42.1 Å². The maximum Gasteiger partial charge on any atom is 0.263 e. The first-order valence-electron chi connectivity index (χ1n) is 6.77. The molecule has 0 spiro atoms. The van der Waals surface area contributed by atoms with Gasteiger partial charge in [-0.15, -0.1) is 0 Å². The van der Waals surface area contributed by atoms with E-state index in [0.29, 0.717) is 17.1 Å². The molecule has 23 heavy (non-hydrogen) atoms. The van der Waals surface area contributed by atoms with Crippen LogP contribution in [0.5, 0.6) is 17.2 Å². The summed E-state index contributed by atoms with van der Waals surface area (Å²) in [4.78, 5) is 27.0. The van der Waals surface area contributed by atoms with Crippen LogP contribution in [0, 0.1) is 0 Å². The van der Waals surface area contributed by atoms with Crippen molar-refractivity contribution in [2.75, 3.05) is 19.0 Å². The Balaban J connectivity index is 2.01. The molecule has 120 valence electrons. The summed E-state index contributed by atoms with van der Waals surface area (Å²) in [6.45, 7) is 1.15. The van der Waals surface area contributed by atoms with Crippen LogP contribution >= 0.6 is 0 Å². The van der Waals surface area contributed by atoms with Crippen LogP contribution in [0.25, 0.3) is 0 Å². The highest BCUT2D eigenvalue weighted by molar-refractivity contribution is 5.95. The van der Waals surface area contributed by atoms with E-state index in [4.69, 9.17) is 9.47 Å². The highest BCUT2D eigenvalue weighted by atomic mass is 16.5. The Morgan fingerprint density at radius 2 is 2.04 bits per heavy atom. The number of nitrogens with zero attached hydrogens (tertiary/aromatic N) is 1. The van der Waals surface area contributed by atoms with Crippen molar-refractivity contribution in [2.24, 2.45) is 0 Å². The third kappa shape index (κ3) is 4.19. The molecule has 0 aliphatic carbocycles. The molecule has 0 fully saturated rings. The molecule has 1 heterocycles. The molecule has 2 N–H and O–H groups in total. The largest absolute Gasteiger partial charge is 0.504 e.